The summed E-state index contributed by atoms with van der Waals surface area (Å²) >= 11 is 0. The van der Waals surface area contributed by atoms with Gasteiger partial charge in [-0.1, -0.05) is 18.2 Å². The predicted octanol–water partition coefficient (Wildman–Crippen LogP) is 4.30. The minimum Gasteiger partial charge on any atom is -0.490 e. The molecule has 2 aromatic rings. The molecule has 1 fully saturated rings. The number of hydrogen-bond donors (Lipinski definition) is 0. The summed E-state index contributed by atoms with van der Waals surface area (Å²) in [6, 6.07) is 12.0. The first-order valence-corrected chi connectivity index (χ1v) is 10.5. The maximum atomic E-state index is 13.2. The summed E-state index contributed by atoms with van der Waals surface area (Å²) in [5.74, 6) is 0.678. The largest absolute Gasteiger partial charge is 0.490 e. The van der Waals surface area contributed by atoms with Gasteiger partial charge in [0, 0.05) is 6.07 Å². The standard InChI is InChI=1S/C20H22N2O5S/c1-2-15-21(28(25,26)20-10-6-5-9-19(20)22(23)24)16-11-13-18(14-12-16)27-17-7-3-4-8-17/h2,5-6,9-14,17H,1,3-4,7-8,15H2. The fourth-order valence-corrected chi connectivity index (χ4v) is 4.89. The average Bonchev–Trinajstić information content (AvgIpc) is 3.20. The molecule has 0 N–H and O–H groups in total. The predicted molar refractivity (Wildman–Crippen MR) is 107 cm³/mol. The van der Waals surface area contributed by atoms with Crippen LogP contribution in [0.2, 0.25) is 0 Å². The fraction of sp³-hybridized carbons (Fsp3) is 0.300. The molecule has 0 unspecified atom stereocenters. The third kappa shape index (κ3) is 4.17. The molecule has 0 amide bonds. The number of nitro groups is 1. The van der Waals surface area contributed by atoms with Crippen molar-refractivity contribution in [1.29, 1.82) is 0 Å². The number of sulfonamides is 1. The first kappa shape index (κ1) is 19.9. The van der Waals surface area contributed by atoms with Crippen molar-refractivity contribution < 1.29 is 18.1 Å². The van der Waals surface area contributed by atoms with Crippen molar-refractivity contribution >= 4 is 21.4 Å². The molecule has 0 spiro atoms. The number of nitrogens with zero attached hydrogens (tertiary/aromatic N) is 2. The topological polar surface area (TPSA) is 89.8 Å². The van der Waals surface area contributed by atoms with Crippen LogP contribution >= 0.6 is 0 Å². The summed E-state index contributed by atoms with van der Waals surface area (Å²) in [6.45, 7) is 3.60. The Balaban J connectivity index is 1.92. The van der Waals surface area contributed by atoms with E-state index in [0.29, 0.717) is 11.4 Å². The molecule has 1 aliphatic rings. The van der Waals surface area contributed by atoms with Crippen LogP contribution in [0.1, 0.15) is 25.7 Å². The van der Waals surface area contributed by atoms with Crippen molar-refractivity contribution in [3.05, 3.63) is 71.3 Å². The summed E-state index contributed by atoms with van der Waals surface area (Å²) in [7, 11) is -4.15. The Kier molecular flexibility index (Phi) is 5.99. The summed E-state index contributed by atoms with van der Waals surface area (Å²) in [4.78, 5) is 10.2. The van der Waals surface area contributed by atoms with Gasteiger partial charge >= 0.3 is 0 Å². The highest BCUT2D eigenvalue weighted by molar-refractivity contribution is 7.93. The highest BCUT2D eigenvalue weighted by atomic mass is 32.2. The Bertz CT molecular complexity index is 951. The lowest BCUT2D eigenvalue weighted by molar-refractivity contribution is -0.387. The van der Waals surface area contributed by atoms with E-state index >= 15 is 0 Å². The average molecular weight is 402 g/mol. The van der Waals surface area contributed by atoms with Crippen LogP contribution in [0.25, 0.3) is 0 Å². The summed E-state index contributed by atoms with van der Waals surface area (Å²) < 4.78 is 33.3. The quantitative estimate of drug-likeness (QED) is 0.373. The zero-order valence-corrected chi connectivity index (χ0v) is 16.2. The molecule has 28 heavy (non-hydrogen) atoms. The SMILES string of the molecule is C=CCN(c1ccc(OC2CCCC2)cc1)S(=O)(=O)c1ccccc1[N+](=O)[O-]. The molecule has 8 heteroatoms. The minimum absolute atomic E-state index is 0.0167. The Morgan fingerprint density at radius 1 is 1.14 bits per heavy atom. The van der Waals surface area contributed by atoms with Crippen molar-refractivity contribution in [2.75, 3.05) is 10.8 Å². The second kappa shape index (κ2) is 8.43. The highest BCUT2D eigenvalue weighted by Gasteiger charge is 2.31. The zero-order chi connectivity index (χ0) is 20.1. The fourth-order valence-electron chi connectivity index (χ4n) is 3.29. The molecule has 2 aromatic carbocycles. The Hall–Kier alpha value is -2.87. The van der Waals surface area contributed by atoms with Crippen molar-refractivity contribution in [3.8, 4) is 5.75 Å². The van der Waals surface area contributed by atoms with E-state index < -0.39 is 20.6 Å². The molecule has 0 heterocycles. The van der Waals surface area contributed by atoms with Crippen LogP contribution in [0.5, 0.6) is 5.75 Å². The lowest BCUT2D eigenvalue weighted by atomic mass is 10.2. The Morgan fingerprint density at radius 3 is 2.39 bits per heavy atom. The van der Waals surface area contributed by atoms with E-state index in [1.807, 2.05) is 0 Å². The molecule has 148 valence electrons. The molecule has 3 rings (SSSR count). The molecular weight excluding hydrogens is 380 g/mol. The number of para-hydroxylation sites is 1. The number of benzene rings is 2. The third-order valence-electron chi connectivity index (χ3n) is 4.65. The number of nitro benzene ring substituents is 1. The van der Waals surface area contributed by atoms with E-state index in [-0.39, 0.29) is 17.5 Å². The third-order valence-corrected chi connectivity index (χ3v) is 6.50. The van der Waals surface area contributed by atoms with Crippen molar-refractivity contribution in [2.24, 2.45) is 0 Å². The van der Waals surface area contributed by atoms with Gasteiger partial charge in [-0.05, 0) is 56.0 Å². The van der Waals surface area contributed by atoms with Crippen LogP contribution in [-0.2, 0) is 10.0 Å². The number of rotatable bonds is 8. The molecule has 0 aliphatic heterocycles. The summed E-state index contributed by atoms with van der Waals surface area (Å²) in [6.07, 6.45) is 6.00. The lowest BCUT2D eigenvalue weighted by Gasteiger charge is -2.23. The van der Waals surface area contributed by atoms with Crippen LogP contribution in [0.15, 0.2) is 66.1 Å². The minimum atomic E-state index is -4.15. The highest BCUT2D eigenvalue weighted by Crippen LogP contribution is 2.31. The van der Waals surface area contributed by atoms with Gasteiger partial charge in [-0.2, -0.15) is 0 Å². The van der Waals surface area contributed by atoms with E-state index in [2.05, 4.69) is 6.58 Å². The number of ether oxygens (including phenoxy) is 1. The van der Waals surface area contributed by atoms with Gasteiger partial charge in [0.2, 0.25) is 0 Å². The molecule has 1 saturated carbocycles. The smallest absolute Gasteiger partial charge is 0.289 e. The first-order valence-electron chi connectivity index (χ1n) is 9.07. The van der Waals surface area contributed by atoms with Gasteiger partial charge in [0.1, 0.15) is 5.75 Å². The lowest BCUT2D eigenvalue weighted by Crippen LogP contribution is -2.31. The van der Waals surface area contributed by atoms with Crippen molar-refractivity contribution in [3.63, 3.8) is 0 Å². The maximum absolute atomic E-state index is 13.2. The van der Waals surface area contributed by atoms with Crippen molar-refractivity contribution in [2.45, 2.75) is 36.7 Å². The number of hydrogen-bond acceptors (Lipinski definition) is 5. The van der Waals surface area contributed by atoms with Crippen LogP contribution in [0.4, 0.5) is 11.4 Å². The van der Waals surface area contributed by atoms with E-state index in [4.69, 9.17) is 4.74 Å². The molecule has 0 aromatic heterocycles. The van der Waals surface area contributed by atoms with Gasteiger partial charge < -0.3 is 4.74 Å². The van der Waals surface area contributed by atoms with Gasteiger partial charge in [0.05, 0.1) is 23.3 Å². The van der Waals surface area contributed by atoms with E-state index in [0.717, 1.165) is 30.0 Å². The number of anilines is 1. The van der Waals surface area contributed by atoms with E-state index in [9.17, 15) is 18.5 Å². The summed E-state index contributed by atoms with van der Waals surface area (Å²) in [5, 5.41) is 11.3. The van der Waals surface area contributed by atoms with Crippen molar-refractivity contribution in [1.82, 2.24) is 0 Å². The molecule has 0 radical (unpaired) electrons. The van der Waals surface area contributed by atoms with Gasteiger partial charge in [-0.15, -0.1) is 6.58 Å². The van der Waals surface area contributed by atoms with Crippen LogP contribution in [0.3, 0.4) is 0 Å². The van der Waals surface area contributed by atoms with Crippen LogP contribution in [0, 0.1) is 10.1 Å². The Morgan fingerprint density at radius 2 is 1.79 bits per heavy atom. The molecular formula is C20H22N2O5S. The molecule has 0 bridgehead atoms. The second-order valence-corrected chi connectivity index (χ2v) is 8.40. The molecule has 7 nitrogen and oxygen atoms in total. The molecule has 0 atom stereocenters. The van der Waals surface area contributed by atoms with E-state index in [1.54, 1.807) is 24.3 Å². The van der Waals surface area contributed by atoms with Gasteiger partial charge in [-0.3, -0.25) is 14.4 Å². The molecule has 1 aliphatic carbocycles. The first-order chi connectivity index (χ1) is 13.4. The van der Waals surface area contributed by atoms with Gasteiger partial charge in [0.25, 0.3) is 15.7 Å². The van der Waals surface area contributed by atoms with Gasteiger partial charge in [-0.25, -0.2) is 8.42 Å². The van der Waals surface area contributed by atoms with Crippen LogP contribution < -0.4 is 9.04 Å². The molecule has 0 saturated heterocycles. The second-order valence-electron chi connectivity index (χ2n) is 6.57. The Labute approximate surface area is 164 Å². The van der Waals surface area contributed by atoms with Crippen LogP contribution in [-0.4, -0.2) is 26.0 Å². The van der Waals surface area contributed by atoms with E-state index in [1.165, 1.54) is 30.3 Å². The monoisotopic (exact) mass is 402 g/mol. The summed E-state index contributed by atoms with van der Waals surface area (Å²) in [5.41, 5.74) is -0.0745. The van der Waals surface area contributed by atoms with Gasteiger partial charge in [0.15, 0.2) is 4.90 Å². The maximum Gasteiger partial charge on any atom is 0.289 e. The normalized spacial score (nSPS) is 14.6. The zero-order valence-electron chi connectivity index (χ0n) is 15.4.